The number of piperidine rings is 1. The minimum Gasteiger partial charge on any atom is -0.356 e. The summed E-state index contributed by atoms with van der Waals surface area (Å²) < 4.78 is 0. The van der Waals surface area contributed by atoms with Crippen molar-refractivity contribution in [2.45, 2.75) is 78.4 Å². The first kappa shape index (κ1) is 20.5. The minimum atomic E-state index is 0.304. The average Bonchev–Trinajstić information content (AvgIpc) is 3.11. The second-order valence-electron chi connectivity index (χ2n) is 9.42. The number of anilines is 1. The fourth-order valence-electron chi connectivity index (χ4n) is 4.33. The van der Waals surface area contributed by atoms with Crippen LogP contribution in [0.5, 0.6) is 0 Å². The highest BCUT2D eigenvalue weighted by Gasteiger charge is 2.34. The topological polar surface area (TPSA) is 56.3 Å². The third-order valence-corrected chi connectivity index (χ3v) is 6.27. The van der Waals surface area contributed by atoms with E-state index in [9.17, 15) is 0 Å². The number of hydrogen-bond acceptors (Lipinski definition) is 6. The van der Waals surface area contributed by atoms with Crippen molar-refractivity contribution in [3.8, 4) is 0 Å². The Morgan fingerprint density at radius 3 is 2.52 bits per heavy atom. The molecule has 0 bridgehead atoms. The van der Waals surface area contributed by atoms with E-state index in [4.69, 9.17) is 4.98 Å². The molecular formula is C21H38N6. The molecule has 1 aromatic heterocycles. The highest BCUT2D eigenvalue weighted by Crippen LogP contribution is 2.27. The largest absolute Gasteiger partial charge is 0.356 e. The Morgan fingerprint density at radius 1 is 1.22 bits per heavy atom. The average molecular weight is 375 g/mol. The summed E-state index contributed by atoms with van der Waals surface area (Å²) >= 11 is 0. The van der Waals surface area contributed by atoms with E-state index >= 15 is 0 Å². The zero-order chi connectivity index (χ0) is 19.6. The van der Waals surface area contributed by atoms with Gasteiger partial charge < -0.3 is 9.80 Å². The highest BCUT2D eigenvalue weighted by molar-refractivity contribution is 5.46. The Balaban J connectivity index is 1.51. The predicted molar refractivity (Wildman–Crippen MR) is 112 cm³/mol. The summed E-state index contributed by atoms with van der Waals surface area (Å²) in [4.78, 5) is 14.1. The van der Waals surface area contributed by atoms with Gasteiger partial charge in [0, 0.05) is 49.5 Å². The lowest BCUT2D eigenvalue weighted by Gasteiger charge is -2.38. The molecule has 0 spiro atoms. The number of nitrogens with zero attached hydrogens (tertiary/aromatic N) is 4. The monoisotopic (exact) mass is 374 g/mol. The van der Waals surface area contributed by atoms with Gasteiger partial charge in [-0.1, -0.05) is 27.7 Å². The van der Waals surface area contributed by atoms with Crippen LogP contribution in [-0.2, 0) is 6.42 Å². The number of likely N-dealkylation sites (N-methyl/N-ethyl adjacent to an activating group) is 1. The molecule has 2 aliphatic heterocycles. The summed E-state index contributed by atoms with van der Waals surface area (Å²) in [7, 11) is 2.29. The summed E-state index contributed by atoms with van der Waals surface area (Å²) in [5.74, 6) is 2.02. The van der Waals surface area contributed by atoms with Gasteiger partial charge in [0.1, 0.15) is 11.6 Å². The Labute approximate surface area is 165 Å². The van der Waals surface area contributed by atoms with E-state index < -0.39 is 0 Å². The molecule has 3 rings (SSSR count). The Bertz CT molecular complexity index is 618. The van der Waals surface area contributed by atoms with Gasteiger partial charge in [-0.05, 0) is 45.1 Å². The molecule has 2 aliphatic rings. The summed E-state index contributed by atoms with van der Waals surface area (Å²) in [5, 5.41) is 0. The molecular weight excluding hydrogens is 336 g/mol. The van der Waals surface area contributed by atoms with Crippen molar-refractivity contribution in [2.75, 3.05) is 31.6 Å². The van der Waals surface area contributed by atoms with E-state index in [1.54, 1.807) is 0 Å². The second kappa shape index (κ2) is 8.41. The van der Waals surface area contributed by atoms with Gasteiger partial charge in [-0.3, -0.25) is 10.9 Å². The van der Waals surface area contributed by atoms with E-state index in [0.717, 1.165) is 37.7 Å². The molecule has 0 aliphatic carbocycles. The van der Waals surface area contributed by atoms with Crippen molar-refractivity contribution in [1.29, 1.82) is 0 Å². The molecule has 2 fully saturated rings. The third-order valence-electron chi connectivity index (χ3n) is 6.27. The fourth-order valence-corrected chi connectivity index (χ4v) is 4.33. The van der Waals surface area contributed by atoms with Gasteiger partial charge in [0.25, 0.3) is 0 Å². The standard InChI is InChI=1S/C21H38N6/c1-7-16-13-22-15(2)23-20(16)27-10-8-18(9-11-27)26(6)14-17-12-19(25-24-17)21(3,4)5/h13,17-19,24-25H,7-12,14H2,1-6H3. The van der Waals surface area contributed by atoms with E-state index in [1.807, 2.05) is 13.1 Å². The van der Waals surface area contributed by atoms with Gasteiger partial charge in [0.15, 0.2) is 0 Å². The van der Waals surface area contributed by atoms with Crippen LogP contribution < -0.4 is 15.8 Å². The van der Waals surface area contributed by atoms with Gasteiger partial charge in [-0.25, -0.2) is 9.97 Å². The summed E-state index contributed by atoms with van der Waals surface area (Å²) in [5.41, 5.74) is 8.59. The zero-order valence-electron chi connectivity index (χ0n) is 18.0. The molecule has 27 heavy (non-hydrogen) atoms. The van der Waals surface area contributed by atoms with Gasteiger partial charge in [0.05, 0.1) is 0 Å². The second-order valence-corrected chi connectivity index (χ2v) is 9.42. The lowest BCUT2D eigenvalue weighted by Crippen LogP contribution is -2.48. The summed E-state index contributed by atoms with van der Waals surface area (Å²) in [6, 6.07) is 1.74. The maximum atomic E-state index is 4.73. The zero-order valence-corrected chi connectivity index (χ0v) is 18.0. The van der Waals surface area contributed by atoms with Gasteiger partial charge >= 0.3 is 0 Å². The fraction of sp³-hybridized carbons (Fsp3) is 0.810. The van der Waals surface area contributed by atoms with Crippen molar-refractivity contribution < 1.29 is 0 Å². The third kappa shape index (κ3) is 4.98. The lowest BCUT2D eigenvalue weighted by molar-refractivity contribution is 0.190. The molecule has 1 aromatic rings. The quantitative estimate of drug-likeness (QED) is 0.826. The molecule has 0 amide bonds. The molecule has 2 atom stereocenters. The van der Waals surface area contributed by atoms with Crippen molar-refractivity contribution in [3.05, 3.63) is 17.6 Å². The Morgan fingerprint density at radius 2 is 1.93 bits per heavy atom. The smallest absolute Gasteiger partial charge is 0.135 e. The molecule has 6 heteroatoms. The van der Waals surface area contributed by atoms with Crippen LogP contribution in [0.1, 0.15) is 58.3 Å². The van der Waals surface area contributed by atoms with Crippen molar-refractivity contribution in [1.82, 2.24) is 25.7 Å². The van der Waals surface area contributed by atoms with E-state index in [-0.39, 0.29) is 0 Å². The first-order valence-corrected chi connectivity index (χ1v) is 10.6. The highest BCUT2D eigenvalue weighted by atomic mass is 15.4. The van der Waals surface area contributed by atoms with Crippen LogP contribution in [0.15, 0.2) is 6.20 Å². The molecule has 2 N–H and O–H groups in total. The van der Waals surface area contributed by atoms with Crippen molar-refractivity contribution in [3.63, 3.8) is 0 Å². The number of nitrogens with one attached hydrogen (secondary N) is 2. The molecule has 152 valence electrons. The van der Waals surface area contributed by atoms with Crippen molar-refractivity contribution >= 4 is 5.82 Å². The molecule has 3 heterocycles. The normalized spacial score (nSPS) is 24.8. The lowest BCUT2D eigenvalue weighted by atomic mass is 9.84. The van der Waals surface area contributed by atoms with Crippen LogP contribution in [0.4, 0.5) is 5.82 Å². The van der Waals surface area contributed by atoms with Gasteiger partial charge in [0.2, 0.25) is 0 Å². The van der Waals surface area contributed by atoms with E-state index in [0.29, 0.717) is 23.5 Å². The Kier molecular flexibility index (Phi) is 6.39. The molecule has 0 aromatic carbocycles. The minimum absolute atomic E-state index is 0.304. The van der Waals surface area contributed by atoms with Crippen LogP contribution in [0.3, 0.4) is 0 Å². The number of hydrazine groups is 1. The van der Waals surface area contributed by atoms with E-state index in [2.05, 4.69) is 60.4 Å². The molecule has 2 unspecified atom stereocenters. The number of rotatable bonds is 5. The van der Waals surface area contributed by atoms with Gasteiger partial charge in [-0.15, -0.1) is 0 Å². The van der Waals surface area contributed by atoms with Crippen LogP contribution in [0.25, 0.3) is 0 Å². The van der Waals surface area contributed by atoms with Crippen LogP contribution in [0.2, 0.25) is 0 Å². The first-order valence-electron chi connectivity index (χ1n) is 10.6. The molecule has 2 saturated heterocycles. The molecule has 0 radical (unpaired) electrons. The summed E-state index contributed by atoms with van der Waals surface area (Å²) in [6.45, 7) is 14.4. The molecule has 0 saturated carbocycles. The number of aromatic nitrogens is 2. The SMILES string of the molecule is CCc1cnc(C)nc1N1CCC(N(C)CC2CC(C(C)(C)C)NN2)CC1. The van der Waals surface area contributed by atoms with E-state index in [1.165, 1.54) is 24.8 Å². The van der Waals surface area contributed by atoms with Crippen LogP contribution in [0, 0.1) is 12.3 Å². The maximum Gasteiger partial charge on any atom is 0.135 e. The maximum absolute atomic E-state index is 4.73. The first-order chi connectivity index (χ1) is 12.8. The van der Waals surface area contributed by atoms with Crippen LogP contribution in [-0.4, -0.2) is 59.7 Å². The predicted octanol–water partition coefficient (Wildman–Crippen LogP) is 2.53. The Hall–Kier alpha value is -1.24. The van der Waals surface area contributed by atoms with Crippen LogP contribution >= 0.6 is 0 Å². The molecule has 6 nitrogen and oxygen atoms in total. The summed E-state index contributed by atoms with van der Waals surface area (Å²) in [6.07, 6.45) is 6.59. The number of hydrogen-bond donors (Lipinski definition) is 2. The number of aryl methyl sites for hydroxylation is 2. The van der Waals surface area contributed by atoms with Crippen molar-refractivity contribution in [2.24, 2.45) is 5.41 Å². The van der Waals surface area contributed by atoms with Gasteiger partial charge in [-0.2, -0.15) is 0 Å².